The van der Waals surface area contributed by atoms with Crippen molar-refractivity contribution in [1.29, 1.82) is 0 Å². The van der Waals surface area contributed by atoms with Crippen LogP contribution in [-0.2, 0) is 26.2 Å². The van der Waals surface area contributed by atoms with Crippen molar-refractivity contribution in [2.75, 3.05) is 46.8 Å². The minimum atomic E-state index is -4.30. The number of nitrogens with zero attached hydrogens (tertiary/aromatic N) is 4. The summed E-state index contributed by atoms with van der Waals surface area (Å²) in [5.41, 5.74) is 7.58. The summed E-state index contributed by atoms with van der Waals surface area (Å²) >= 11 is 13.2. The molecule has 1 aromatic heterocycles. The number of unbranched alkanes of at least 4 members (excludes halogenated alkanes) is 1. The van der Waals surface area contributed by atoms with Crippen molar-refractivity contribution in [3.05, 3.63) is 63.3 Å². The number of amides is 2. The van der Waals surface area contributed by atoms with E-state index in [1.54, 1.807) is 29.7 Å². The van der Waals surface area contributed by atoms with Gasteiger partial charge in [0.05, 0.1) is 11.1 Å². The molecule has 3 N–H and O–H groups in total. The Labute approximate surface area is 300 Å². The number of nitrogens with two attached hydrogens (primary N) is 1. The maximum Gasteiger partial charge on any atom is 0.243 e. The first kappa shape index (κ1) is 38.8. The standard InChI is InChI=1S/C35H48Cl2N6O5S/c1-7-35(4,34(45)43-19-17-42(18-20-43)33(44)28(38)12-8-9-16-41(5)6)40-49(46,47)30-15-14-27(36)26(31(30)37)22-48-29-13-10-11-25-23(2)21-24(3)39-32(25)29/h10-11,13-15,21,28,40H,7-9,12,16-20,22,38H2,1-6H3/t28-,35?/m0/s1. The van der Waals surface area contributed by atoms with Crippen LogP contribution in [0.2, 0.25) is 10.0 Å². The minimum absolute atomic E-state index is 0.100. The number of aryl methyl sites for hydroxylation is 2. The van der Waals surface area contributed by atoms with E-state index in [0.717, 1.165) is 36.0 Å². The monoisotopic (exact) mass is 734 g/mol. The number of halogens is 2. The largest absolute Gasteiger partial charge is 0.487 e. The Morgan fingerprint density at radius 3 is 2.41 bits per heavy atom. The van der Waals surface area contributed by atoms with Crippen LogP contribution >= 0.6 is 23.2 Å². The number of carbonyl (C=O) groups is 2. The average molecular weight is 736 g/mol. The third-order valence-electron chi connectivity index (χ3n) is 9.05. The fourth-order valence-corrected chi connectivity index (χ4v) is 8.31. The lowest BCUT2D eigenvalue weighted by Crippen LogP contribution is -2.62. The molecule has 4 rings (SSSR count). The van der Waals surface area contributed by atoms with E-state index >= 15 is 0 Å². The molecule has 0 bridgehead atoms. The van der Waals surface area contributed by atoms with Gasteiger partial charge < -0.3 is 25.2 Å². The molecule has 268 valence electrons. The number of aromatic nitrogens is 1. The van der Waals surface area contributed by atoms with Crippen LogP contribution in [0.25, 0.3) is 10.9 Å². The molecule has 0 aliphatic carbocycles. The van der Waals surface area contributed by atoms with Gasteiger partial charge in [-0.05, 0) is 90.5 Å². The van der Waals surface area contributed by atoms with Gasteiger partial charge in [-0.2, -0.15) is 4.72 Å². The van der Waals surface area contributed by atoms with Gasteiger partial charge in [0.25, 0.3) is 0 Å². The van der Waals surface area contributed by atoms with Gasteiger partial charge >= 0.3 is 0 Å². The maximum absolute atomic E-state index is 13.8. The van der Waals surface area contributed by atoms with Gasteiger partial charge in [-0.1, -0.05) is 48.7 Å². The summed E-state index contributed by atoms with van der Waals surface area (Å²) in [5, 5.41) is 1.07. The average Bonchev–Trinajstić information content (AvgIpc) is 3.05. The van der Waals surface area contributed by atoms with E-state index in [-0.39, 0.29) is 58.4 Å². The van der Waals surface area contributed by atoms with E-state index in [0.29, 0.717) is 30.8 Å². The Balaban J connectivity index is 1.44. The van der Waals surface area contributed by atoms with Gasteiger partial charge in [0.1, 0.15) is 28.3 Å². The van der Waals surface area contributed by atoms with E-state index in [4.69, 9.17) is 33.7 Å². The normalized spacial score (nSPS) is 15.8. The summed E-state index contributed by atoms with van der Waals surface area (Å²) in [4.78, 5) is 36.5. The quantitative estimate of drug-likeness (QED) is 0.223. The molecule has 0 spiro atoms. The van der Waals surface area contributed by atoms with Crippen molar-refractivity contribution >= 4 is 55.9 Å². The molecule has 2 aromatic carbocycles. The van der Waals surface area contributed by atoms with Gasteiger partial charge in [-0.15, -0.1) is 0 Å². The van der Waals surface area contributed by atoms with Crippen LogP contribution in [0, 0.1) is 13.8 Å². The minimum Gasteiger partial charge on any atom is -0.487 e. The second kappa shape index (κ2) is 16.3. The first-order chi connectivity index (χ1) is 23.1. The number of para-hydroxylation sites is 1. The summed E-state index contributed by atoms with van der Waals surface area (Å²) < 4.78 is 36.4. The molecule has 2 heterocycles. The Kier molecular flexibility index (Phi) is 12.9. The highest BCUT2D eigenvalue weighted by Gasteiger charge is 2.41. The van der Waals surface area contributed by atoms with Crippen molar-refractivity contribution in [3.8, 4) is 5.75 Å². The highest BCUT2D eigenvalue weighted by atomic mass is 35.5. The van der Waals surface area contributed by atoms with Crippen LogP contribution in [0.1, 0.15) is 56.4 Å². The number of rotatable bonds is 14. The molecular formula is C35H48Cl2N6O5S. The maximum atomic E-state index is 13.8. The van der Waals surface area contributed by atoms with Crippen molar-refractivity contribution in [2.45, 2.75) is 76.5 Å². The molecule has 2 amide bonds. The van der Waals surface area contributed by atoms with Crippen LogP contribution in [0.15, 0.2) is 41.3 Å². The summed E-state index contributed by atoms with van der Waals surface area (Å²) in [7, 11) is -0.290. The Morgan fingerprint density at radius 1 is 1.08 bits per heavy atom. The molecule has 11 nitrogen and oxygen atoms in total. The van der Waals surface area contributed by atoms with Gasteiger partial charge in [0, 0.05) is 47.8 Å². The summed E-state index contributed by atoms with van der Waals surface area (Å²) in [6, 6.07) is 9.77. The second-order valence-corrected chi connectivity index (χ2v) is 15.6. The van der Waals surface area contributed by atoms with E-state index < -0.39 is 21.6 Å². The lowest BCUT2D eigenvalue weighted by atomic mass is 9.98. The topological polar surface area (TPSA) is 138 Å². The third kappa shape index (κ3) is 9.22. The second-order valence-electron chi connectivity index (χ2n) is 13.2. The van der Waals surface area contributed by atoms with E-state index in [2.05, 4.69) is 14.6 Å². The number of pyridine rings is 1. The molecule has 1 fully saturated rings. The van der Waals surface area contributed by atoms with Crippen LogP contribution in [-0.4, -0.2) is 98.3 Å². The smallest absolute Gasteiger partial charge is 0.243 e. The van der Waals surface area contributed by atoms with Gasteiger partial charge in [0.2, 0.25) is 21.8 Å². The molecule has 14 heteroatoms. The molecule has 1 aliphatic heterocycles. The lowest BCUT2D eigenvalue weighted by molar-refractivity contribution is -0.143. The Bertz CT molecular complexity index is 1780. The number of fused-ring (bicyclic) bond motifs is 1. The molecular weight excluding hydrogens is 687 g/mol. The molecule has 1 saturated heterocycles. The van der Waals surface area contributed by atoms with E-state index in [1.165, 1.54) is 12.1 Å². The predicted molar refractivity (Wildman–Crippen MR) is 195 cm³/mol. The lowest BCUT2D eigenvalue weighted by Gasteiger charge is -2.40. The zero-order chi connectivity index (χ0) is 36.1. The summed E-state index contributed by atoms with van der Waals surface area (Å²) in [5.74, 6) is -0.00730. The molecule has 0 radical (unpaired) electrons. The Hall–Kier alpha value is -3.00. The van der Waals surface area contributed by atoms with Crippen LogP contribution in [0.3, 0.4) is 0 Å². The number of piperazine rings is 1. The first-order valence-electron chi connectivity index (χ1n) is 16.6. The molecule has 0 saturated carbocycles. The van der Waals surface area contributed by atoms with Crippen LogP contribution in [0.4, 0.5) is 0 Å². The number of benzene rings is 2. The van der Waals surface area contributed by atoms with Crippen LogP contribution in [0.5, 0.6) is 5.75 Å². The van der Waals surface area contributed by atoms with Gasteiger partial charge in [0.15, 0.2) is 0 Å². The van der Waals surface area contributed by atoms with Gasteiger partial charge in [-0.3, -0.25) is 9.59 Å². The zero-order valence-electron chi connectivity index (χ0n) is 29.2. The first-order valence-corrected chi connectivity index (χ1v) is 18.8. The molecule has 1 aliphatic rings. The van der Waals surface area contributed by atoms with Crippen molar-refractivity contribution in [1.82, 2.24) is 24.4 Å². The number of hydrogen-bond acceptors (Lipinski definition) is 8. The fraction of sp³-hybridized carbons (Fsp3) is 0.514. The SMILES string of the molecule is CCC(C)(NS(=O)(=O)c1ccc(Cl)c(COc2cccc3c(C)cc(C)nc23)c1Cl)C(=O)N1CCN(C(=O)[C@@H](N)CCCCN(C)C)CC1. The molecule has 1 unspecified atom stereocenters. The van der Waals surface area contributed by atoms with E-state index in [9.17, 15) is 18.0 Å². The highest BCUT2D eigenvalue weighted by Crippen LogP contribution is 2.34. The molecule has 2 atom stereocenters. The summed E-state index contributed by atoms with van der Waals surface area (Å²) in [6.45, 7) is 9.19. The number of ether oxygens (including phenoxy) is 1. The zero-order valence-corrected chi connectivity index (χ0v) is 31.5. The van der Waals surface area contributed by atoms with Crippen molar-refractivity contribution < 1.29 is 22.7 Å². The molecule has 3 aromatic rings. The fourth-order valence-electron chi connectivity index (χ4n) is 5.99. The Morgan fingerprint density at radius 2 is 1.76 bits per heavy atom. The number of nitrogens with one attached hydrogen (secondary N) is 1. The van der Waals surface area contributed by atoms with E-state index in [1.807, 2.05) is 46.1 Å². The van der Waals surface area contributed by atoms with Crippen molar-refractivity contribution in [2.24, 2.45) is 5.73 Å². The summed E-state index contributed by atoms with van der Waals surface area (Å²) in [6.07, 6.45) is 2.59. The number of carbonyl (C=O) groups excluding carboxylic acids is 2. The molecule has 49 heavy (non-hydrogen) atoms. The number of sulfonamides is 1. The highest BCUT2D eigenvalue weighted by molar-refractivity contribution is 7.89. The van der Waals surface area contributed by atoms with Gasteiger partial charge in [-0.25, -0.2) is 13.4 Å². The van der Waals surface area contributed by atoms with Crippen molar-refractivity contribution in [3.63, 3.8) is 0 Å². The number of hydrogen-bond donors (Lipinski definition) is 2. The predicted octanol–water partition coefficient (Wildman–Crippen LogP) is 4.91. The third-order valence-corrected chi connectivity index (χ3v) is 11.6. The van der Waals surface area contributed by atoms with Crippen LogP contribution < -0.4 is 15.2 Å².